The first-order valence-electron chi connectivity index (χ1n) is 5.99. The number of carboxylic acid groups (broad SMARTS) is 1. The summed E-state index contributed by atoms with van der Waals surface area (Å²) in [6, 6.07) is 15.4. The van der Waals surface area contributed by atoms with Crippen molar-refractivity contribution < 1.29 is 9.90 Å². The smallest absolute Gasteiger partial charge is 0.342 e. The second-order valence-corrected chi connectivity index (χ2v) is 4.25. The van der Waals surface area contributed by atoms with Crippen LogP contribution in [0, 0.1) is 0 Å². The molecule has 3 aromatic rings. The lowest BCUT2D eigenvalue weighted by atomic mass is 10.1. The molecule has 1 aromatic heterocycles. The summed E-state index contributed by atoms with van der Waals surface area (Å²) < 4.78 is 1.12. The molecule has 0 aliphatic heterocycles. The van der Waals surface area contributed by atoms with Crippen molar-refractivity contribution >= 4 is 16.9 Å². The van der Waals surface area contributed by atoms with E-state index in [1.807, 2.05) is 6.07 Å². The van der Waals surface area contributed by atoms with E-state index in [4.69, 9.17) is 0 Å². The molecule has 0 fully saturated rings. The topological polar surface area (TPSA) is 72.2 Å². The van der Waals surface area contributed by atoms with Gasteiger partial charge in [-0.1, -0.05) is 36.4 Å². The van der Waals surface area contributed by atoms with Gasteiger partial charge in [-0.3, -0.25) is 4.79 Å². The minimum atomic E-state index is -1.25. The number of carboxylic acids is 1. The Morgan fingerprint density at radius 1 is 1.00 bits per heavy atom. The molecule has 1 heterocycles. The van der Waals surface area contributed by atoms with Crippen molar-refractivity contribution in [2.45, 2.75) is 0 Å². The lowest BCUT2D eigenvalue weighted by molar-refractivity contribution is 0.0696. The third-order valence-corrected chi connectivity index (χ3v) is 3.00. The highest BCUT2D eigenvalue weighted by molar-refractivity contribution is 6.01. The van der Waals surface area contributed by atoms with E-state index in [2.05, 4.69) is 5.10 Å². The van der Waals surface area contributed by atoms with Gasteiger partial charge in [-0.25, -0.2) is 4.79 Å². The zero-order valence-electron chi connectivity index (χ0n) is 10.4. The van der Waals surface area contributed by atoms with E-state index in [9.17, 15) is 14.7 Å². The minimum Gasteiger partial charge on any atom is -0.477 e. The molecule has 0 spiro atoms. The van der Waals surface area contributed by atoms with Crippen LogP contribution in [0.3, 0.4) is 0 Å². The van der Waals surface area contributed by atoms with Crippen LogP contribution < -0.4 is 5.56 Å². The summed E-state index contributed by atoms with van der Waals surface area (Å²) in [4.78, 5) is 23.7. The highest BCUT2D eigenvalue weighted by Gasteiger charge is 2.17. The zero-order chi connectivity index (χ0) is 14.1. The Labute approximate surface area is 113 Å². The monoisotopic (exact) mass is 266 g/mol. The van der Waals surface area contributed by atoms with Crippen LogP contribution in [0.4, 0.5) is 0 Å². The summed E-state index contributed by atoms with van der Waals surface area (Å²) in [5.41, 5.74) is 0.0981. The number of rotatable bonds is 2. The molecule has 0 saturated heterocycles. The zero-order valence-corrected chi connectivity index (χ0v) is 10.4. The van der Waals surface area contributed by atoms with Crippen LogP contribution in [-0.4, -0.2) is 20.9 Å². The molecule has 98 valence electrons. The molecule has 0 aliphatic carbocycles. The first kappa shape index (κ1) is 12.1. The molecule has 0 bridgehead atoms. The summed E-state index contributed by atoms with van der Waals surface area (Å²) in [5, 5.41) is 13.9. The maximum absolute atomic E-state index is 12.3. The summed E-state index contributed by atoms with van der Waals surface area (Å²) in [5.74, 6) is -1.25. The number of benzene rings is 2. The van der Waals surface area contributed by atoms with Gasteiger partial charge in [-0.05, 0) is 18.2 Å². The van der Waals surface area contributed by atoms with Crippen molar-refractivity contribution in [1.29, 1.82) is 0 Å². The Bertz CT molecular complexity index is 854. The van der Waals surface area contributed by atoms with E-state index in [0.717, 1.165) is 4.68 Å². The van der Waals surface area contributed by atoms with Gasteiger partial charge < -0.3 is 5.11 Å². The second-order valence-electron chi connectivity index (χ2n) is 4.25. The van der Waals surface area contributed by atoms with Gasteiger partial charge in [0.25, 0.3) is 5.56 Å². The van der Waals surface area contributed by atoms with Crippen molar-refractivity contribution in [3.63, 3.8) is 0 Å². The van der Waals surface area contributed by atoms with Crippen molar-refractivity contribution in [3.8, 4) is 5.69 Å². The van der Waals surface area contributed by atoms with Gasteiger partial charge in [0, 0.05) is 5.39 Å². The first-order chi connectivity index (χ1) is 9.68. The van der Waals surface area contributed by atoms with Crippen LogP contribution in [0.2, 0.25) is 0 Å². The fourth-order valence-electron chi connectivity index (χ4n) is 2.10. The number of hydrogen-bond acceptors (Lipinski definition) is 3. The minimum absolute atomic E-state index is 0.264. The molecule has 0 aliphatic rings. The average molecular weight is 266 g/mol. The summed E-state index contributed by atoms with van der Waals surface area (Å²) in [7, 11) is 0. The van der Waals surface area contributed by atoms with Crippen LogP contribution in [0.15, 0.2) is 59.4 Å². The normalized spacial score (nSPS) is 10.6. The van der Waals surface area contributed by atoms with Crippen LogP contribution >= 0.6 is 0 Å². The number of fused-ring (bicyclic) bond motifs is 1. The number of para-hydroxylation sites is 1. The molecule has 5 nitrogen and oxygen atoms in total. The molecule has 2 aromatic carbocycles. The molecule has 1 N–H and O–H groups in total. The molecule has 5 heteroatoms. The molecular formula is C15H10N2O3. The molecule has 20 heavy (non-hydrogen) atoms. The van der Waals surface area contributed by atoms with E-state index in [0.29, 0.717) is 16.6 Å². The summed E-state index contributed by atoms with van der Waals surface area (Å²) >= 11 is 0. The predicted octanol–water partition coefficient (Wildman–Crippen LogP) is 2.08. The van der Waals surface area contributed by atoms with E-state index < -0.39 is 11.5 Å². The van der Waals surface area contributed by atoms with Crippen molar-refractivity contribution in [3.05, 3.63) is 70.5 Å². The molecule has 0 atom stereocenters. The molecule has 0 amide bonds. The predicted molar refractivity (Wildman–Crippen MR) is 74.3 cm³/mol. The summed E-state index contributed by atoms with van der Waals surface area (Å²) in [6.07, 6.45) is 0. The van der Waals surface area contributed by atoms with Gasteiger partial charge >= 0.3 is 5.97 Å². The van der Waals surface area contributed by atoms with Gasteiger partial charge in [0.05, 0.1) is 11.2 Å². The largest absolute Gasteiger partial charge is 0.477 e. The quantitative estimate of drug-likeness (QED) is 0.770. The highest BCUT2D eigenvalue weighted by atomic mass is 16.4. The Balaban J connectivity index is 2.44. The first-order valence-corrected chi connectivity index (χ1v) is 5.99. The Morgan fingerprint density at radius 3 is 2.35 bits per heavy atom. The SMILES string of the molecule is O=C(O)c1c(=O)n(-c2ccccc2)nc2ccccc12. The van der Waals surface area contributed by atoms with E-state index in [1.54, 1.807) is 48.5 Å². The maximum Gasteiger partial charge on any atom is 0.342 e. The lowest BCUT2D eigenvalue weighted by Crippen LogP contribution is -2.27. The van der Waals surface area contributed by atoms with Gasteiger partial charge in [0.2, 0.25) is 0 Å². The molecule has 3 rings (SSSR count). The van der Waals surface area contributed by atoms with Crippen LogP contribution in [-0.2, 0) is 0 Å². The van der Waals surface area contributed by atoms with Crippen molar-refractivity contribution in [1.82, 2.24) is 9.78 Å². The third kappa shape index (κ3) is 1.85. The van der Waals surface area contributed by atoms with Gasteiger partial charge in [0.15, 0.2) is 0 Å². The van der Waals surface area contributed by atoms with Crippen LogP contribution in [0.5, 0.6) is 0 Å². The lowest BCUT2D eigenvalue weighted by Gasteiger charge is -2.08. The Hall–Kier alpha value is -2.95. The van der Waals surface area contributed by atoms with Crippen LogP contribution in [0.25, 0.3) is 16.6 Å². The second kappa shape index (κ2) is 4.62. The molecule has 0 saturated carbocycles. The number of carbonyl (C=O) groups is 1. The fraction of sp³-hybridized carbons (Fsp3) is 0. The number of aromatic nitrogens is 2. The van der Waals surface area contributed by atoms with Gasteiger partial charge in [0.1, 0.15) is 5.56 Å². The van der Waals surface area contributed by atoms with Crippen molar-refractivity contribution in [2.75, 3.05) is 0 Å². The van der Waals surface area contributed by atoms with E-state index in [-0.39, 0.29) is 5.56 Å². The Kier molecular flexibility index (Phi) is 2.80. The Morgan fingerprint density at radius 2 is 1.65 bits per heavy atom. The van der Waals surface area contributed by atoms with E-state index in [1.165, 1.54) is 0 Å². The molecule has 0 radical (unpaired) electrons. The van der Waals surface area contributed by atoms with Crippen molar-refractivity contribution in [2.24, 2.45) is 0 Å². The van der Waals surface area contributed by atoms with Gasteiger partial charge in [-0.2, -0.15) is 9.78 Å². The highest BCUT2D eigenvalue weighted by Crippen LogP contribution is 2.14. The van der Waals surface area contributed by atoms with E-state index >= 15 is 0 Å². The standard InChI is InChI=1S/C15H10N2O3/c18-14-13(15(19)20)11-8-4-5-9-12(11)16-17(14)10-6-2-1-3-7-10/h1-9H,(H,19,20). The molecular weight excluding hydrogens is 256 g/mol. The number of aromatic carboxylic acids is 1. The van der Waals surface area contributed by atoms with Gasteiger partial charge in [-0.15, -0.1) is 0 Å². The average Bonchev–Trinajstić information content (AvgIpc) is 2.47. The summed E-state index contributed by atoms with van der Waals surface area (Å²) in [6.45, 7) is 0. The number of nitrogens with zero attached hydrogens (tertiary/aromatic N) is 2. The third-order valence-electron chi connectivity index (χ3n) is 3.00. The number of hydrogen-bond donors (Lipinski definition) is 1. The molecule has 0 unspecified atom stereocenters. The maximum atomic E-state index is 12.3. The van der Waals surface area contributed by atoms with Crippen LogP contribution in [0.1, 0.15) is 10.4 Å². The fourth-order valence-corrected chi connectivity index (χ4v) is 2.10.